The second-order valence-electron chi connectivity index (χ2n) is 4.94. The van der Waals surface area contributed by atoms with E-state index < -0.39 is 0 Å². The van der Waals surface area contributed by atoms with Gasteiger partial charge in [0, 0.05) is 19.3 Å². The van der Waals surface area contributed by atoms with E-state index in [9.17, 15) is 0 Å². The van der Waals surface area contributed by atoms with Crippen LogP contribution in [0.15, 0.2) is 35.8 Å². The summed E-state index contributed by atoms with van der Waals surface area (Å²) in [5.41, 5.74) is 6.87. The van der Waals surface area contributed by atoms with E-state index in [0.29, 0.717) is 0 Å². The van der Waals surface area contributed by atoms with Crippen LogP contribution < -0.4 is 5.73 Å². The lowest BCUT2D eigenvalue weighted by Crippen LogP contribution is -2.21. The molecule has 0 saturated carbocycles. The Morgan fingerprint density at radius 3 is 2.76 bits per heavy atom. The Labute approximate surface area is 105 Å². The van der Waals surface area contributed by atoms with Crippen LogP contribution in [0.3, 0.4) is 0 Å². The molecule has 0 saturated heterocycles. The summed E-state index contributed by atoms with van der Waals surface area (Å²) in [6.45, 7) is 6.94. The Kier molecular flexibility index (Phi) is 5.29. The van der Waals surface area contributed by atoms with E-state index in [1.54, 1.807) is 0 Å². The molecule has 1 aliphatic rings. The standard InChI is InChI=1S/C14H24N2O/c1-11(2)17-14-8-13(9-16(4)10-14)7-5-6-12(3)15/h5,7-9,11-12H,6,10,15H2,1-4H3/b7-5+/t12-/m0/s1. The SMILES string of the molecule is CC(C)OC1=CC(/C=C/C[C@H](C)N)=CN(C)C1. The third kappa shape index (κ3) is 5.59. The Balaban J connectivity index is 2.64. The fraction of sp³-hybridized carbons (Fsp3) is 0.571. The van der Waals surface area contributed by atoms with Gasteiger partial charge < -0.3 is 15.4 Å². The average Bonchev–Trinajstić information content (AvgIpc) is 2.14. The zero-order chi connectivity index (χ0) is 12.8. The van der Waals surface area contributed by atoms with Crippen LogP contribution >= 0.6 is 0 Å². The van der Waals surface area contributed by atoms with Crippen LogP contribution in [-0.2, 0) is 4.74 Å². The van der Waals surface area contributed by atoms with Crippen molar-refractivity contribution in [2.75, 3.05) is 13.6 Å². The number of allylic oxidation sites excluding steroid dienone is 3. The van der Waals surface area contributed by atoms with E-state index in [4.69, 9.17) is 10.5 Å². The number of ether oxygens (including phenoxy) is 1. The zero-order valence-corrected chi connectivity index (χ0v) is 11.3. The van der Waals surface area contributed by atoms with Crippen LogP contribution in [0.4, 0.5) is 0 Å². The van der Waals surface area contributed by atoms with Crippen molar-refractivity contribution in [3.63, 3.8) is 0 Å². The molecule has 1 heterocycles. The van der Waals surface area contributed by atoms with Crippen molar-refractivity contribution >= 4 is 0 Å². The lowest BCUT2D eigenvalue weighted by atomic mass is 10.1. The number of likely N-dealkylation sites (N-methyl/N-ethyl adjacent to an activating group) is 1. The van der Waals surface area contributed by atoms with Gasteiger partial charge in [0.05, 0.1) is 12.6 Å². The number of nitrogens with two attached hydrogens (primary N) is 1. The maximum absolute atomic E-state index is 5.74. The van der Waals surface area contributed by atoms with E-state index in [1.807, 2.05) is 20.8 Å². The topological polar surface area (TPSA) is 38.5 Å². The summed E-state index contributed by atoms with van der Waals surface area (Å²) < 4.78 is 5.74. The van der Waals surface area contributed by atoms with Crippen molar-refractivity contribution in [2.24, 2.45) is 5.73 Å². The number of nitrogens with zero attached hydrogens (tertiary/aromatic N) is 1. The highest BCUT2D eigenvalue weighted by molar-refractivity contribution is 5.34. The summed E-state index contributed by atoms with van der Waals surface area (Å²) in [7, 11) is 2.05. The van der Waals surface area contributed by atoms with Gasteiger partial charge in [-0.25, -0.2) is 0 Å². The minimum atomic E-state index is 0.212. The molecule has 0 radical (unpaired) electrons. The molecule has 1 atom stereocenters. The normalized spacial score (nSPS) is 18.4. The molecule has 0 aromatic rings. The molecule has 0 spiro atoms. The predicted molar refractivity (Wildman–Crippen MR) is 72.4 cm³/mol. The van der Waals surface area contributed by atoms with Gasteiger partial charge in [0.25, 0.3) is 0 Å². The van der Waals surface area contributed by atoms with Crippen molar-refractivity contribution < 1.29 is 4.74 Å². The first kappa shape index (κ1) is 13.8. The molecule has 1 aliphatic heterocycles. The van der Waals surface area contributed by atoms with Crippen LogP contribution in [0, 0.1) is 0 Å². The molecule has 2 N–H and O–H groups in total. The molecule has 0 bridgehead atoms. The first-order chi connectivity index (χ1) is 7.97. The van der Waals surface area contributed by atoms with Gasteiger partial charge in [-0.3, -0.25) is 0 Å². The Morgan fingerprint density at radius 1 is 1.47 bits per heavy atom. The van der Waals surface area contributed by atoms with Crippen LogP contribution in [0.1, 0.15) is 27.2 Å². The summed E-state index contributed by atoms with van der Waals surface area (Å²) in [6.07, 6.45) is 9.54. The molecule has 0 aromatic carbocycles. The summed E-state index contributed by atoms with van der Waals surface area (Å²) >= 11 is 0. The highest BCUT2D eigenvalue weighted by atomic mass is 16.5. The van der Waals surface area contributed by atoms with Gasteiger partial charge in [0.15, 0.2) is 0 Å². The van der Waals surface area contributed by atoms with Crippen LogP contribution in [0.5, 0.6) is 0 Å². The van der Waals surface area contributed by atoms with Gasteiger partial charge in [0.2, 0.25) is 0 Å². The van der Waals surface area contributed by atoms with Gasteiger partial charge in [-0.05, 0) is 38.8 Å². The number of hydrogen-bond donors (Lipinski definition) is 1. The molecule has 17 heavy (non-hydrogen) atoms. The maximum Gasteiger partial charge on any atom is 0.116 e. The van der Waals surface area contributed by atoms with E-state index in [0.717, 1.165) is 24.3 Å². The molecule has 0 aliphatic carbocycles. The van der Waals surface area contributed by atoms with Crippen molar-refractivity contribution in [3.8, 4) is 0 Å². The van der Waals surface area contributed by atoms with E-state index in [1.165, 1.54) is 0 Å². The second-order valence-corrected chi connectivity index (χ2v) is 4.94. The lowest BCUT2D eigenvalue weighted by Gasteiger charge is -2.24. The predicted octanol–water partition coefficient (Wildman–Crippen LogP) is 2.42. The fourth-order valence-electron chi connectivity index (χ4n) is 1.70. The van der Waals surface area contributed by atoms with Crippen molar-refractivity contribution in [3.05, 3.63) is 35.8 Å². The molecule has 3 heteroatoms. The van der Waals surface area contributed by atoms with Gasteiger partial charge in [-0.2, -0.15) is 0 Å². The van der Waals surface area contributed by atoms with Crippen LogP contribution in [-0.4, -0.2) is 30.6 Å². The van der Waals surface area contributed by atoms with E-state index in [-0.39, 0.29) is 12.1 Å². The molecule has 1 rings (SSSR count). The molecule has 0 amide bonds. The largest absolute Gasteiger partial charge is 0.493 e. The average molecular weight is 236 g/mol. The van der Waals surface area contributed by atoms with Gasteiger partial charge >= 0.3 is 0 Å². The molecule has 3 nitrogen and oxygen atoms in total. The molecular formula is C14H24N2O. The third-order valence-corrected chi connectivity index (χ3v) is 2.31. The first-order valence-electron chi connectivity index (χ1n) is 6.18. The molecule has 0 aromatic heterocycles. The summed E-state index contributed by atoms with van der Waals surface area (Å²) in [6, 6.07) is 0.212. The Hall–Kier alpha value is -1.22. The monoisotopic (exact) mass is 236 g/mol. The third-order valence-electron chi connectivity index (χ3n) is 2.31. The highest BCUT2D eigenvalue weighted by Gasteiger charge is 2.09. The van der Waals surface area contributed by atoms with E-state index >= 15 is 0 Å². The lowest BCUT2D eigenvalue weighted by molar-refractivity contribution is 0.131. The van der Waals surface area contributed by atoms with Crippen molar-refractivity contribution in [1.82, 2.24) is 4.90 Å². The smallest absolute Gasteiger partial charge is 0.116 e. The second kappa shape index (κ2) is 6.50. The summed E-state index contributed by atoms with van der Waals surface area (Å²) in [4.78, 5) is 2.13. The quantitative estimate of drug-likeness (QED) is 0.796. The first-order valence-corrected chi connectivity index (χ1v) is 6.18. The van der Waals surface area contributed by atoms with Crippen molar-refractivity contribution in [1.29, 1.82) is 0 Å². The minimum Gasteiger partial charge on any atom is -0.493 e. The van der Waals surface area contributed by atoms with E-state index in [2.05, 4.69) is 36.4 Å². The van der Waals surface area contributed by atoms with Gasteiger partial charge in [0.1, 0.15) is 5.76 Å². The highest BCUT2D eigenvalue weighted by Crippen LogP contribution is 2.16. The Bertz CT molecular complexity index is 327. The van der Waals surface area contributed by atoms with Crippen LogP contribution in [0.25, 0.3) is 0 Å². The molecule has 96 valence electrons. The molecule has 0 unspecified atom stereocenters. The maximum atomic E-state index is 5.74. The minimum absolute atomic E-state index is 0.212. The van der Waals surface area contributed by atoms with Crippen LogP contribution in [0.2, 0.25) is 0 Å². The fourth-order valence-corrected chi connectivity index (χ4v) is 1.70. The van der Waals surface area contributed by atoms with Gasteiger partial charge in [-0.1, -0.05) is 12.2 Å². The van der Waals surface area contributed by atoms with Crippen molar-refractivity contribution in [2.45, 2.75) is 39.3 Å². The number of rotatable bonds is 5. The Morgan fingerprint density at radius 2 is 2.18 bits per heavy atom. The summed E-state index contributed by atoms with van der Waals surface area (Å²) in [5, 5.41) is 0. The molecule has 0 fully saturated rings. The molecular weight excluding hydrogens is 212 g/mol. The zero-order valence-electron chi connectivity index (χ0n) is 11.3. The summed E-state index contributed by atoms with van der Waals surface area (Å²) in [5.74, 6) is 1.02. The number of hydrogen-bond acceptors (Lipinski definition) is 3. The van der Waals surface area contributed by atoms with Gasteiger partial charge in [-0.15, -0.1) is 0 Å².